The van der Waals surface area contributed by atoms with E-state index in [4.69, 9.17) is 0 Å². The van der Waals surface area contributed by atoms with Crippen molar-refractivity contribution in [1.82, 2.24) is 24.9 Å². The van der Waals surface area contributed by atoms with Gasteiger partial charge in [0, 0.05) is 23.9 Å². The predicted octanol–water partition coefficient (Wildman–Crippen LogP) is 2.83. The van der Waals surface area contributed by atoms with Gasteiger partial charge in [0.05, 0.1) is 18.4 Å². The normalized spacial score (nSPS) is 19.4. The number of pyridine rings is 1. The highest BCUT2D eigenvalue weighted by Crippen LogP contribution is 2.32. The van der Waals surface area contributed by atoms with Gasteiger partial charge in [-0.05, 0) is 35.4 Å². The Morgan fingerprint density at radius 3 is 2.62 bits per heavy atom. The van der Waals surface area contributed by atoms with Gasteiger partial charge in [-0.3, -0.25) is 19.3 Å². The number of carbonyl (C=O) groups is 3. The summed E-state index contributed by atoms with van der Waals surface area (Å²) in [5.41, 5.74) is 2.57. The minimum absolute atomic E-state index is 0.0886. The third-order valence-corrected chi connectivity index (χ3v) is 6.41. The summed E-state index contributed by atoms with van der Waals surface area (Å²) in [6.45, 7) is 0.133. The molecule has 0 saturated carbocycles. The lowest BCUT2D eigenvalue weighted by Crippen LogP contribution is -2.52. The lowest BCUT2D eigenvalue weighted by atomic mass is 9.88. The third kappa shape index (κ3) is 2.97. The molecule has 34 heavy (non-hydrogen) atoms. The maximum absolute atomic E-state index is 13.7. The molecule has 4 aromatic rings. The van der Waals surface area contributed by atoms with E-state index in [-0.39, 0.29) is 24.6 Å². The van der Waals surface area contributed by atoms with Gasteiger partial charge in [-0.25, -0.2) is 14.2 Å². The Bertz CT molecular complexity index is 1500. The molecule has 2 aromatic carbocycles. The van der Waals surface area contributed by atoms with E-state index in [1.807, 2.05) is 40.9 Å². The number of nitrogens with one attached hydrogen (secondary N) is 2. The molecular weight excluding hydrogens is 437 g/mol. The Morgan fingerprint density at radius 1 is 1.03 bits per heavy atom. The first-order valence-corrected chi connectivity index (χ1v) is 10.7. The molecule has 2 aliphatic rings. The second kappa shape index (κ2) is 7.24. The van der Waals surface area contributed by atoms with Crippen LogP contribution in [0.25, 0.3) is 16.9 Å². The summed E-state index contributed by atoms with van der Waals surface area (Å²) in [6, 6.07) is 16.4. The first-order chi connectivity index (χ1) is 16.4. The van der Waals surface area contributed by atoms with E-state index < -0.39 is 23.3 Å². The number of imidazole rings is 1. The number of hydrogen-bond acceptors (Lipinski definition) is 4. The number of hydrogen-bond donors (Lipinski definition) is 2. The zero-order valence-electron chi connectivity index (χ0n) is 17.8. The molecule has 2 aromatic heterocycles. The molecule has 2 aliphatic heterocycles. The number of rotatable bonds is 4. The number of nitrogens with zero attached hydrogens (tertiary/aromatic N) is 3. The molecule has 0 radical (unpaired) electrons. The smallest absolute Gasteiger partial charge is 0.322 e. The summed E-state index contributed by atoms with van der Waals surface area (Å²) in [4.78, 5) is 44.0. The van der Waals surface area contributed by atoms with Gasteiger partial charge < -0.3 is 10.2 Å². The number of aromatic nitrogens is 2. The number of carbonyl (C=O) groups excluding carboxylic acids is 3. The van der Waals surface area contributed by atoms with Crippen molar-refractivity contribution in [2.45, 2.75) is 12.1 Å². The van der Waals surface area contributed by atoms with Crippen LogP contribution < -0.4 is 10.6 Å². The summed E-state index contributed by atoms with van der Waals surface area (Å²) < 4.78 is 15.6. The van der Waals surface area contributed by atoms with Crippen molar-refractivity contribution >= 4 is 23.5 Å². The minimum atomic E-state index is -1.47. The SMILES string of the molecule is O=C1NC(=O)C(CN2Cc3ccc(F)cc3C2=O)(c2ccc(-c3cnc4ccccn34)cc2)N1. The lowest BCUT2D eigenvalue weighted by molar-refractivity contribution is -0.124. The fourth-order valence-corrected chi connectivity index (χ4v) is 4.72. The number of amides is 4. The second-order valence-electron chi connectivity index (χ2n) is 8.43. The van der Waals surface area contributed by atoms with Crippen molar-refractivity contribution in [3.8, 4) is 11.3 Å². The lowest BCUT2D eigenvalue weighted by Gasteiger charge is -2.31. The second-order valence-corrected chi connectivity index (χ2v) is 8.43. The first-order valence-electron chi connectivity index (χ1n) is 10.7. The van der Waals surface area contributed by atoms with Crippen LogP contribution in [0.15, 0.2) is 73.1 Å². The molecule has 4 heterocycles. The van der Waals surface area contributed by atoms with Crippen molar-refractivity contribution in [3.63, 3.8) is 0 Å². The summed E-state index contributed by atoms with van der Waals surface area (Å²) >= 11 is 0. The summed E-state index contributed by atoms with van der Waals surface area (Å²) in [5.74, 6) is -1.43. The molecule has 0 spiro atoms. The number of imide groups is 1. The fourth-order valence-electron chi connectivity index (χ4n) is 4.72. The van der Waals surface area contributed by atoms with Crippen LogP contribution in [-0.2, 0) is 16.9 Å². The van der Waals surface area contributed by atoms with Crippen LogP contribution in [-0.4, -0.2) is 38.7 Å². The van der Waals surface area contributed by atoms with Gasteiger partial charge in [0.15, 0.2) is 5.54 Å². The summed E-state index contributed by atoms with van der Waals surface area (Å²) in [5, 5.41) is 5.01. The molecule has 1 unspecified atom stereocenters. The van der Waals surface area contributed by atoms with E-state index in [0.717, 1.165) is 16.9 Å². The minimum Gasteiger partial charge on any atom is -0.331 e. The maximum atomic E-state index is 13.7. The van der Waals surface area contributed by atoms with Crippen molar-refractivity contribution in [3.05, 3.63) is 95.6 Å². The molecule has 1 atom stereocenters. The monoisotopic (exact) mass is 455 g/mol. The molecule has 168 valence electrons. The average molecular weight is 455 g/mol. The molecule has 1 fully saturated rings. The standard InChI is InChI=1S/C25H18FN5O3/c26-18-9-6-16-13-30(22(32)19(16)11-18)14-25(23(33)28-24(34)29-25)17-7-4-15(5-8-17)20-12-27-21-3-1-2-10-31(20)21/h1-12H,13-14H2,(H2,28,29,33,34). The van der Waals surface area contributed by atoms with Crippen LogP contribution in [0.1, 0.15) is 21.5 Å². The molecule has 4 amide bonds. The molecule has 8 nitrogen and oxygen atoms in total. The van der Waals surface area contributed by atoms with Gasteiger partial charge in [0.1, 0.15) is 11.5 Å². The highest BCUT2D eigenvalue weighted by molar-refractivity contribution is 6.08. The van der Waals surface area contributed by atoms with Gasteiger partial charge in [0.2, 0.25) is 0 Å². The van der Waals surface area contributed by atoms with Crippen LogP contribution in [0.3, 0.4) is 0 Å². The van der Waals surface area contributed by atoms with Crippen LogP contribution in [0.4, 0.5) is 9.18 Å². The maximum Gasteiger partial charge on any atom is 0.322 e. The van der Waals surface area contributed by atoms with E-state index in [9.17, 15) is 18.8 Å². The first kappa shape index (κ1) is 20.1. The van der Waals surface area contributed by atoms with Gasteiger partial charge in [-0.1, -0.05) is 36.4 Å². The number of urea groups is 1. The van der Waals surface area contributed by atoms with Crippen molar-refractivity contribution in [1.29, 1.82) is 0 Å². The molecular formula is C25H18FN5O3. The van der Waals surface area contributed by atoms with Crippen molar-refractivity contribution in [2.24, 2.45) is 0 Å². The Labute approximate surface area is 193 Å². The Hall–Kier alpha value is -4.53. The number of benzene rings is 2. The van der Waals surface area contributed by atoms with E-state index in [1.165, 1.54) is 17.0 Å². The predicted molar refractivity (Wildman–Crippen MR) is 120 cm³/mol. The van der Waals surface area contributed by atoms with E-state index >= 15 is 0 Å². The quantitative estimate of drug-likeness (QED) is 0.463. The number of halogens is 1. The highest BCUT2D eigenvalue weighted by Gasteiger charge is 2.50. The van der Waals surface area contributed by atoms with Gasteiger partial charge in [0.25, 0.3) is 11.8 Å². The topological polar surface area (TPSA) is 95.8 Å². The molecule has 9 heteroatoms. The van der Waals surface area contributed by atoms with Gasteiger partial charge in [-0.2, -0.15) is 0 Å². The van der Waals surface area contributed by atoms with Crippen LogP contribution in [0.5, 0.6) is 0 Å². The molecule has 6 rings (SSSR count). The largest absolute Gasteiger partial charge is 0.331 e. The van der Waals surface area contributed by atoms with Crippen LogP contribution in [0.2, 0.25) is 0 Å². The highest BCUT2D eigenvalue weighted by atomic mass is 19.1. The van der Waals surface area contributed by atoms with Crippen LogP contribution in [0, 0.1) is 5.82 Å². The Morgan fingerprint density at radius 2 is 1.85 bits per heavy atom. The zero-order chi connectivity index (χ0) is 23.4. The molecule has 0 aliphatic carbocycles. The fraction of sp³-hybridized carbons (Fsp3) is 0.120. The van der Waals surface area contributed by atoms with Crippen molar-refractivity contribution in [2.75, 3.05) is 6.54 Å². The molecule has 2 N–H and O–H groups in total. The van der Waals surface area contributed by atoms with E-state index in [2.05, 4.69) is 15.6 Å². The summed E-state index contributed by atoms with van der Waals surface area (Å²) in [6.07, 6.45) is 3.68. The van der Waals surface area contributed by atoms with E-state index in [1.54, 1.807) is 24.4 Å². The Kier molecular flexibility index (Phi) is 4.28. The van der Waals surface area contributed by atoms with Gasteiger partial charge >= 0.3 is 6.03 Å². The molecule has 0 bridgehead atoms. The number of fused-ring (bicyclic) bond motifs is 2. The molecule has 1 saturated heterocycles. The zero-order valence-corrected chi connectivity index (χ0v) is 17.8. The van der Waals surface area contributed by atoms with E-state index in [0.29, 0.717) is 11.1 Å². The van der Waals surface area contributed by atoms with Crippen molar-refractivity contribution < 1.29 is 18.8 Å². The van der Waals surface area contributed by atoms with Gasteiger partial charge in [-0.15, -0.1) is 0 Å². The summed E-state index contributed by atoms with van der Waals surface area (Å²) in [7, 11) is 0. The Balaban J connectivity index is 1.36. The van der Waals surface area contributed by atoms with Crippen LogP contribution >= 0.6 is 0 Å². The third-order valence-electron chi connectivity index (χ3n) is 6.41. The average Bonchev–Trinajstić information content (AvgIpc) is 3.48.